The highest BCUT2D eigenvalue weighted by atomic mass is 79.9. The fourth-order valence-electron chi connectivity index (χ4n) is 2.96. The molecule has 0 unspecified atom stereocenters. The molecule has 1 aliphatic heterocycles. The van der Waals surface area contributed by atoms with Crippen LogP contribution in [-0.2, 0) is 9.53 Å². The van der Waals surface area contributed by atoms with E-state index in [9.17, 15) is 9.59 Å². The number of thioether (sulfide) groups is 1. The van der Waals surface area contributed by atoms with Gasteiger partial charge in [-0.15, -0.1) is 0 Å². The Bertz CT molecular complexity index is 1180. The van der Waals surface area contributed by atoms with E-state index in [0.717, 1.165) is 21.8 Å². The highest BCUT2D eigenvalue weighted by Gasteiger charge is 2.35. The van der Waals surface area contributed by atoms with Gasteiger partial charge in [-0.25, -0.2) is 4.79 Å². The van der Waals surface area contributed by atoms with Crippen molar-refractivity contribution in [3.05, 3.63) is 81.4 Å². The standard InChI is InChI=1S/C22H14BrNO4S2/c1-27-21(26)16-4-2-3-5-17(16)24-20(25)19(30-22(24)29)12-15-10-11-18(28-15)13-6-8-14(23)9-7-13/h2-12H,1H3/b19-12+. The number of halogens is 1. The van der Waals surface area contributed by atoms with Crippen molar-refractivity contribution in [2.45, 2.75) is 0 Å². The molecule has 2 heterocycles. The number of anilines is 1. The summed E-state index contributed by atoms with van der Waals surface area (Å²) >= 11 is 9.98. The number of para-hydroxylation sites is 1. The predicted octanol–water partition coefficient (Wildman–Crippen LogP) is 5.90. The van der Waals surface area contributed by atoms with Crippen LogP contribution in [0.2, 0.25) is 0 Å². The van der Waals surface area contributed by atoms with E-state index in [4.69, 9.17) is 21.4 Å². The summed E-state index contributed by atoms with van der Waals surface area (Å²) < 4.78 is 12.0. The van der Waals surface area contributed by atoms with Gasteiger partial charge in [0.05, 0.1) is 23.3 Å². The van der Waals surface area contributed by atoms with Gasteiger partial charge in [-0.05, 0) is 36.4 Å². The average molecular weight is 500 g/mol. The number of ether oxygens (including phenoxy) is 1. The van der Waals surface area contributed by atoms with Crippen molar-refractivity contribution in [2.24, 2.45) is 0 Å². The number of methoxy groups -OCH3 is 1. The molecule has 0 saturated carbocycles. The first kappa shape index (κ1) is 20.6. The van der Waals surface area contributed by atoms with Crippen LogP contribution in [0.15, 0.2) is 74.5 Å². The van der Waals surface area contributed by atoms with E-state index in [2.05, 4.69) is 15.9 Å². The second-order valence-electron chi connectivity index (χ2n) is 6.23. The Hall–Kier alpha value is -2.68. The molecule has 3 aromatic rings. The lowest BCUT2D eigenvalue weighted by molar-refractivity contribution is -0.113. The van der Waals surface area contributed by atoms with Gasteiger partial charge in [0.2, 0.25) is 0 Å². The van der Waals surface area contributed by atoms with E-state index >= 15 is 0 Å². The van der Waals surface area contributed by atoms with E-state index in [1.165, 1.54) is 12.0 Å². The average Bonchev–Trinajstić information content (AvgIpc) is 3.32. The zero-order valence-electron chi connectivity index (χ0n) is 15.6. The normalized spacial score (nSPS) is 15.1. The van der Waals surface area contributed by atoms with Crippen LogP contribution in [0.4, 0.5) is 5.69 Å². The van der Waals surface area contributed by atoms with Crippen molar-refractivity contribution in [1.82, 2.24) is 0 Å². The number of furan rings is 1. The third-order valence-corrected chi connectivity index (χ3v) is 6.20. The van der Waals surface area contributed by atoms with Crippen LogP contribution < -0.4 is 4.90 Å². The maximum Gasteiger partial charge on any atom is 0.339 e. The van der Waals surface area contributed by atoms with Crippen molar-refractivity contribution in [1.29, 1.82) is 0 Å². The Kier molecular flexibility index (Phi) is 5.90. The third kappa shape index (κ3) is 3.98. The number of carbonyl (C=O) groups is 2. The predicted molar refractivity (Wildman–Crippen MR) is 125 cm³/mol. The molecule has 8 heteroatoms. The van der Waals surface area contributed by atoms with E-state index in [1.54, 1.807) is 36.4 Å². The fraction of sp³-hybridized carbons (Fsp3) is 0.0455. The Morgan fingerprint density at radius 1 is 1.13 bits per heavy atom. The van der Waals surface area contributed by atoms with Crippen molar-refractivity contribution in [3.63, 3.8) is 0 Å². The monoisotopic (exact) mass is 499 g/mol. The zero-order valence-corrected chi connectivity index (χ0v) is 18.8. The molecule has 2 aromatic carbocycles. The molecule has 1 aliphatic rings. The first-order valence-electron chi connectivity index (χ1n) is 8.79. The molecule has 1 saturated heterocycles. The van der Waals surface area contributed by atoms with Gasteiger partial charge in [0, 0.05) is 16.1 Å². The Balaban J connectivity index is 1.63. The van der Waals surface area contributed by atoms with E-state index in [0.29, 0.717) is 26.4 Å². The molecule has 1 amide bonds. The number of nitrogens with zero attached hydrogens (tertiary/aromatic N) is 1. The molecule has 150 valence electrons. The van der Waals surface area contributed by atoms with E-state index < -0.39 is 5.97 Å². The molecule has 1 aromatic heterocycles. The summed E-state index contributed by atoms with van der Waals surface area (Å²) in [6, 6.07) is 18.1. The van der Waals surface area contributed by atoms with Gasteiger partial charge in [0.1, 0.15) is 11.5 Å². The molecular weight excluding hydrogens is 486 g/mol. The lowest BCUT2D eigenvalue weighted by atomic mass is 10.1. The molecule has 0 bridgehead atoms. The van der Waals surface area contributed by atoms with Crippen molar-refractivity contribution in [3.8, 4) is 11.3 Å². The largest absolute Gasteiger partial charge is 0.465 e. The highest BCUT2D eigenvalue weighted by Crippen LogP contribution is 2.38. The molecule has 30 heavy (non-hydrogen) atoms. The van der Waals surface area contributed by atoms with Crippen LogP contribution in [-0.4, -0.2) is 23.3 Å². The van der Waals surface area contributed by atoms with Gasteiger partial charge in [0.15, 0.2) is 4.32 Å². The van der Waals surface area contributed by atoms with Crippen LogP contribution in [0, 0.1) is 0 Å². The van der Waals surface area contributed by atoms with Crippen molar-refractivity contribution >= 4 is 67.9 Å². The summed E-state index contributed by atoms with van der Waals surface area (Å²) in [6.45, 7) is 0. The molecule has 0 spiro atoms. The number of amides is 1. The number of hydrogen-bond acceptors (Lipinski definition) is 6. The number of carbonyl (C=O) groups excluding carboxylic acids is 2. The van der Waals surface area contributed by atoms with Gasteiger partial charge in [-0.1, -0.05) is 64.2 Å². The summed E-state index contributed by atoms with van der Waals surface area (Å²) in [5.74, 6) is 0.381. The maximum atomic E-state index is 13.0. The molecule has 5 nitrogen and oxygen atoms in total. The van der Waals surface area contributed by atoms with Gasteiger partial charge in [-0.3, -0.25) is 9.69 Å². The summed E-state index contributed by atoms with van der Waals surface area (Å²) in [5.41, 5.74) is 1.59. The number of thiocarbonyl (C=S) groups is 1. The minimum Gasteiger partial charge on any atom is -0.465 e. The van der Waals surface area contributed by atoms with Gasteiger partial charge < -0.3 is 9.15 Å². The Morgan fingerprint density at radius 2 is 1.87 bits per heavy atom. The molecule has 1 fully saturated rings. The van der Waals surface area contributed by atoms with Gasteiger partial charge >= 0.3 is 5.97 Å². The third-order valence-electron chi connectivity index (χ3n) is 4.37. The van der Waals surface area contributed by atoms with Gasteiger partial charge in [-0.2, -0.15) is 0 Å². The summed E-state index contributed by atoms with van der Waals surface area (Å²) in [4.78, 5) is 26.9. The molecule has 0 aliphatic carbocycles. The summed E-state index contributed by atoms with van der Waals surface area (Å²) in [6.07, 6.45) is 1.66. The lowest BCUT2D eigenvalue weighted by Gasteiger charge is -2.17. The SMILES string of the molecule is COC(=O)c1ccccc1N1C(=O)/C(=C\c2ccc(-c3ccc(Br)cc3)o2)SC1=S. The summed E-state index contributed by atoms with van der Waals surface area (Å²) in [5, 5.41) is 0. The van der Waals surface area contributed by atoms with Crippen LogP contribution in [0.1, 0.15) is 16.1 Å². The molecule has 4 rings (SSSR count). The first-order valence-corrected chi connectivity index (χ1v) is 10.8. The van der Waals surface area contributed by atoms with Crippen LogP contribution in [0.25, 0.3) is 17.4 Å². The lowest BCUT2D eigenvalue weighted by Crippen LogP contribution is -2.29. The first-order chi connectivity index (χ1) is 14.5. The number of esters is 1. The summed E-state index contributed by atoms with van der Waals surface area (Å²) in [7, 11) is 1.29. The topological polar surface area (TPSA) is 59.8 Å². The minimum absolute atomic E-state index is 0.271. The zero-order chi connectivity index (χ0) is 21.3. The van der Waals surface area contributed by atoms with Gasteiger partial charge in [0.25, 0.3) is 5.91 Å². The number of hydrogen-bond donors (Lipinski definition) is 0. The second kappa shape index (κ2) is 8.59. The molecular formula is C22H14BrNO4S2. The quantitative estimate of drug-likeness (QED) is 0.253. The van der Waals surface area contributed by atoms with Crippen molar-refractivity contribution in [2.75, 3.05) is 12.0 Å². The Labute approximate surface area is 190 Å². The molecule has 0 atom stereocenters. The smallest absolute Gasteiger partial charge is 0.339 e. The van der Waals surface area contributed by atoms with Crippen LogP contribution in [0.5, 0.6) is 0 Å². The Morgan fingerprint density at radius 3 is 2.60 bits per heavy atom. The van der Waals surface area contributed by atoms with Crippen LogP contribution >= 0.6 is 39.9 Å². The van der Waals surface area contributed by atoms with Crippen LogP contribution in [0.3, 0.4) is 0 Å². The molecule has 0 N–H and O–H groups in total. The van der Waals surface area contributed by atoms with Crippen molar-refractivity contribution < 1.29 is 18.7 Å². The number of rotatable bonds is 4. The van der Waals surface area contributed by atoms with E-state index in [-0.39, 0.29) is 11.5 Å². The molecule has 0 radical (unpaired) electrons. The minimum atomic E-state index is -0.534. The highest BCUT2D eigenvalue weighted by molar-refractivity contribution is 9.10. The maximum absolute atomic E-state index is 13.0. The second-order valence-corrected chi connectivity index (χ2v) is 8.83. The number of benzene rings is 2. The van der Waals surface area contributed by atoms with E-state index in [1.807, 2.05) is 30.3 Å². The fourth-order valence-corrected chi connectivity index (χ4v) is 4.48.